The van der Waals surface area contributed by atoms with Crippen molar-refractivity contribution in [1.82, 2.24) is 14.8 Å². The van der Waals surface area contributed by atoms with Gasteiger partial charge in [0.15, 0.2) is 11.3 Å². The molecule has 0 aliphatic carbocycles. The zero-order valence-electron chi connectivity index (χ0n) is 17.6. The number of carbonyl (C=O) groups excluding carboxylic acids is 1. The molecule has 1 amide bonds. The van der Waals surface area contributed by atoms with Gasteiger partial charge >= 0.3 is 0 Å². The first-order valence-corrected chi connectivity index (χ1v) is 9.72. The maximum absolute atomic E-state index is 14.2. The Morgan fingerprint density at radius 1 is 1.13 bits per heavy atom. The molecule has 0 aliphatic heterocycles. The molecule has 4 rings (SSSR count). The first-order chi connectivity index (χ1) is 14.6. The van der Waals surface area contributed by atoms with Gasteiger partial charge in [0.2, 0.25) is 11.3 Å². The molecule has 0 spiro atoms. The standard InChI is InChI=1S/C23H21FN4O3/c1-13-11-18(29)20(27-28(13)17-8-6-5-7-15(17)24)21(30)25-14-9-10-19-16(12-14)26-22(31-19)23(2,3)4/h5-12H,1-4H3,(H,25,30). The van der Waals surface area contributed by atoms with E-state index in [1.54, 1.807) is 37.3 Å². The Bertz CT molecular complexity index is 1370. The number of nitrogens with zero attached hydrogens (tertiary/aromatic N) is 3. The molecule has 0 radical (unpaired) electrons. The molecule has 0 unspecified atom stereocenters. The minimum absolute atomic E-state index is 0.146. The van der Waals surface area contributed by atoms with E-state index < -0.39 is 17.2 Å². The number of nitrogens with one attached hydrogen (secondary N) is 1. The lowest BCUT2D eigenvalue weighted by Crippen LogP contribution is -2.27. The topological polar surface area (TPSA) is 90.0 Å². The molecule has 158 valence electrons. The van der Waals surface area contributed by atoms with Crippen LogP contribution in [0.5, 0.6) is 0 Å². The van der Waals surface area contributed by atoms with E-state index in [1.165, 1.54) is 22.9 Å². The Balaban J connectivity index is 1.68. The van der Waals surface area contributed by atoms with Crippen LogP contribution in [0.25, 0.3) is 16.8 Å². The van der Waals surface area contributed by atoms with Crippen molar-refractivity contribution in [1.29, 1.82) is 0 Å². The first kappa shape index (κ1) is 20.5. The van der Waals surface area contributed by atoms with E-state index in [0.717, 1.165) is 0 Å². The number of anilines is 1. The summed E-state index contributed by atoms with van der Waals surface area (Å²) in [6, 6.07) is 12.3. The van der Waals surface area contributed by atoms with E-state index in [9.17, 15) is 14.0 Å². The lowest BCUT2D eigenvalue weighted by Gasteiger charge is -2.12. The minimum atomic E-state index is -0.700. The van der Waals surface area contributed by atoms with Crippen LogP contribution in [-0.2, 0) is 5.41 Å². The van der Waals surface area contributed by atoms with Gasteiger partial charge in [-0.05, 0) is 37.3 Å². The number of carbonyl (C=O) groups is 1. The van der Waals surface area contributed by atoms with Crippen molar-refractivity contribution < 1.29 is 13.6 Å². The van der Waals surface area contributed by atoms with E-state index in [1.807, 2.05) is 20.8 Å². The van der Waals surface area contributed by atoms with Gasteiger partial charge in [-0.1, -0.05) is 32.9 Å². The third-order valence-electron chi connectivity index (χ3n) is 4.69. The fourth-order valence-corrected chi connectivity index (χ4v) is 3.09. The summed E-state index contributed by atoms with van der Waals surface area (Å²) >= 11 is 0. The average Bonchev–Trinajstić information content (AvgIpc) is 3.13. The number of aryl methyl sites for hydroxylation is 1. The van der Waals surface area contributed by atoms with Crippen molar-refractivity contribution >= 4 is 22.7 Å². The van der Waals surface area contributed by atoms with E-state index in [0.29, 0.717) is 28.4 Å². The normalized spacial score (nSPS) is 11.6. The SMILES string of the molecule is Cc1cc(=O)c(C(=O)Nc2ccc3oc(C(C)(C)C)nc3c2)nn1-c1ccccc1F. The highest BCUT2D eigenvalue weighted by Gasteiger charge is 2.22. The van der Waals surface area contributed by atoms with Gasteiger partial charge in [-0.3, -0.25) is 9.59 Å². The van der Waals surface area contributed by atoms with Gasteiger partial charge in [-0.15, -0.1) is 0 Å². The second-order valence-electron chi connectivity index (χ2n) is 8.27. The smallest absolute Gasteiger partial charge is 0.280 e. The van der Waals surface area contributed by atoms with Crippen molar-refractivity contribution in [2.45, 2.75) is 33.1 Å². The van der Waals surface area contributed by atoms with Crippen LogP contribution in [0.1, 0.15) is 42.8 Å². The summed E-state index contributed by atoms with van der Waals surface area (Å²) in [5.41, 5.74) is 1.02. The number of halogens is 1. The summed E-state index contributed by atoms with van der Waals surface area (Å²) in [5.74, 6) is -0.632. The van der Waals surface area contributed by atoms with Crippen LogP contribution in [0.3, 0.4) is 0 Å². The Hall–Kier alpha value is -3.81. The molecule has 0 aliphatic rings. The summed E-state index contributed by atoms with van der Waals surface area (Å²) in [4.78, 5) is 29.7. The molecule has 7 nitrogen and oxygen atoms in total. The molecule has 1 N–H and O–H groups in total. The molecular weight excluding hydrogens is 399 g/mol. The second-order valence-corrected chi connectivity index (χ2v) is 8.27. The number of hydrogen-bond acceptors (Lipinski definition) is 5. The van der Waals surface area contributed by atoms with Crippen molar-refractivity contribution in [2.75, 3.05) is 5.32 Å². The largest absolute Gasteiger partial charge is 0.440 e. The van der Waals surface area contributed by atoms with Gasteiger partial charge in [0, 0.05) is 22.9 Å². The Labute approximate surface area is 177 Å². The number of para-hydroxylation sites is 1. The number of fused-ring (bicyclic) bond motifs is 1. The maximum atomic E-state index is 14.2. The molecule has 0 saturated heterocycles. The minimum Gasteiger partial charge on any atom is -0.440 e. The van der Waals surface area contributed by atoms with Crippen molar-refractivity contribution in [2.24, 2.45) is 0 Å². The number of rotatable bonds is 3. The highest BCUT2D eigenvalue weighted by molar-refractivity contribution is 6.03. The fraction of sp³-hybridized carbons (Fsp3) is 0.217. The highest BCUT2D eigenvalue weighted by atomic mass is 19.1. The van der Waals surface area contributed by atoms with Crippen LogP contribution in [0.15, 0.2) is 57.7 Å². The van der Waals surface area contributed by atoms with Gasteiger partial charge < -0.3 is 9.73 Å². The Morgan fingerprint density at radius 2 is 1.87 bits per heavy atom. The van der Waals surface area contributed by atoms with Gasteiger partial charge in [0.1, 0.15) is 17.0 Å². The van der Waals surface area contributed by atoms with Crippen LogP contribution in [0.4, 0.5) is 10.1 Å². The summed E-state index contributed by atoms with van der Waals surface area (Å²) in [6.07, 6.45) is 0. The monoisotopic (exact) mass is 420 g/mol. The zero-order chi connectivity index (χ0) is 22.3. The second kappa shape index (κ2) is 7.46. The lowest BCUT2D eigenvalue weighted by atomic mass is 9.97. The number of amides is 1. The first-order valence-electron chi connectivity index (χ1n) is 9.72. The molecule has 2 heterocycles. The predicted octanol–water partition coefficient (Wildman–Crippen LogP) is 4.37. The number of aromatic nitrogens is 3. The molecule has 2 aromatic heterocycles. The van der Waals surface area contributed by atoms with E-state index in [4.69, 9.17) is 4.42 Å². The molecule has 0 atom stereocenters. The molecule has 0 fully saturated rings. The van der Waals surface area contributed by atoms with Crippen LogP contribution in [0, 0.1) is 12.7 Å². The van der Waals surface area contributed by atoms with E-state index in [2.05, 4.69) is 15.4 Å². The van der Waals surface area contributed by atoms with Gasteiger partial charge in [-0.25, -0.2) is 14.1 Å². The van der Waals surface area contributed by atoms with Crippen LogP contribution >= 0.6 is 0 Å². The number of hydrogen-bond donors (Lipinski definition) is 1. The molecule has 0 bridgehead atoms. The van der Waals surface area contributed by atoms with E-state index >= 15 is 0 Å². The third-order valence-corrected chi connectivity index (χ3v) is 4.69. The summed E-state index contributed by atoms with van der Waals surface area (Å²) < 4.78 is 21.2. The van der Waals surface area contributed by atoms with Crippen molar-refractivity contribution in [3.05, 3.63) is 81.9 Å². The van der Waals surface area contributed by atoms with Crippen molar-refractivity contribution in [3.63, 3.8) is 0 Å². The molecule has 4 aromatic rings. The number of benzene rings is 2. The quantitative estimate of drug-likeness (QED) is 0.532. The van der Waals surface area contributed by atoms with Gasteiger partial charge in [-0.2, -0.15) is 5.10 Å². The fourth-order valence-electron chi connectivity index (χ4n) is 3.09. The summed E-state index contributed by atoms with van der Waals surface area (Å²) in [5, 5.41) is 6.78. The molecule has 8 heteroatoms. The number of oxazole rings is 1. The Kier molecular flexibility index (Phi) is 4.93. The highest BCUT2D eigenvalue weighted by Crippen LogP contribution is 2.27. The van der Waals surface area contributed by atoms with Gasteiger partial charge in [0.05, 0.1) is 0 Å². The average molecular weight is 420 g/mol. The zero-order valence-corrected chi connectivity index (χ0v) is 17.6. The van der Waals surface area contributed by atoms with Crippen LogP contribution in [0.2, 0.25) is 0 Å². The van der Waals surface area contributed by atoms with Crippen LogP contribution < -0.4 is 10.7 Å². The molecule has 2 aromatic carbocycles. The Morgan fingerprint density at radius 3 is 2.58 bits per heavy atom. The van der Waals surface area contributed by atoms with Crippen LogP contribution in [-0.4, -0.2) is 20.7 Å². The van der Waals surface area contributed by atoms with E-state index in [-0.39, 0.29) is 16.8 Å². The van der Waals surface area contributed by atoms with Gasteiger partial charge in [0.25, 0.3) is 5.91 Å². The molecular formula is C23H21FN4O3. The maximum Gasteiger partial charge on any atom is 0.280 e. The summed E-state index contributed by atoms with van der Waals surface area (Å²) in [7, 11) is 0. The lowest BCUT2D eigenvalue weighted by molar-refractivity contribution is 0.101. The third kappa shape index (κ3) is 3.96. The molecule has 0 saturated carbocycles. The predicted molar refractivity (Wildman–Crippen MR) is 115 cm³/mol. The molecule has 31 heavy (non-hydrogen) atoms. The summed E-state index contributed by atoms with van der Waals surface area (Å²) in [6.45, 7) is 7.59. The van der Waals surface area contributed by atoms with Crippen molar-refractivity contribution in [3.8, 4) is 5.69 Å².